The lowest BCUT2D eigenvalue weighted by Crippen LogP contribution is -2.53. The van der Waals surface area contributed by atoms with Crippen LogP contribution < -0.4 is 0 Å². The lowest BCUT2D eigenvalue weighted by molar-refractivity contribution is -0.145. The van der Waals surface area contributed by atoms with E-state index in [0.717, 1.165) is 61.8 Å². The fourth-order valence-electron chi connectivity index (χ4n) is 3.96. The maximum Gasteiger partial charge on any atom is 0.233 e. The molecule has 2 fully saturated rings. The van der Waals surface area contributed by atoms with Crippen molar-refractivity contribution in [1.82, 2.24) is 4.90 Å². The van der Waals surface area contributed by atoms with Gasteiger partial charge in [-0.25, -0.2) is 0 Å². The lowest BCUT2D eigenvalue weighted by atomic mass is 9.72. The quantitative estimate of drug-likeness (QED) is 0.739. The summed E-state index contributed by atoms with van der Waals surface area (Å²) in [5.41, 5.74) is 0.659. The summed E-state index contributed by atoms with van der Waals surface area (Å²) < 4.78 is 12.5. The normalized spacial score (nSPS) is 23.4. The maximum absolute atomic E-state index is 13.6. The van der Waals surface area contributed by atoms with Crippen LogP contribution in [0.2, 0.25) is 0 Å². The van der Waals surface area contributed by atoms with Crippen molar-refractivity contribution in [2.75, 3.05) is 32.9 Å². The van der Waals surface area contributed by atoms with Gasteiger partial charge in [0.2, 0.25) is 5.91 Å². The second kappa shape index (κ2) is 8.65. The van der Waals surface area contributed by atoms with Gasteiger partial charge in [-0.05, 0) is 49.8 Å². The standard InChI is InChI=1S/C20H28BrNO3/c1-2-12-25-18-4-3-11-22(15-18)19(23)20(9-13-24-14-10-20)16-5-7-17(21)8-6-16/h5-8,18H,2-4,9-15H2,1H3. The van der Waals surface area contributed by atoms with E-state index in [2.05, 4.69) is 35.0 Å². The molecule has 2 saturated heterocycles. The molecule has 0 spiro atoms. The fourth-order valence-corrected chi connectivity index (χ4v) is 4.23. The Morgan fingerprint density at radius 3 is 2.72 bits per heavy atom. The molecule has 0 aromatic heterocycles. The largest absolute Gasteiger partial charge is 0.381 e. The highest BCUT2D eigenvalue weighted by Gasteiger charge is 2.44. The zero-order valence-electron chi connectivity index (χ0n) is 15.0. The molecule has 0 saturated carbocycles. The number of carbonyl (C=O) groups is 1. The van der Waals surface area contributed by atoms with Gasteiger partial charge in [0.15, 0.2) is 0 Å². The highest BCUT2D eigenvalue weighted by atomic mass is 79.9. The Morgan fingerprint density at radius 2 is 2.04 bits per heavy atom. The summed E-state index contributed by atoms with van der Waals surface area (Å²) in [7, 11) is 0. The number of piperidine rings is 1. The number of halogens is 1. The zero-order chi connectivity index (χ0) is 17.7. The Balaban J connectivity index is 1.80. The van der Waals surface area contributed by atoms with Gasteiger partial charge in [0.1, 0.15) is 0 Å². The predicted octanol–water partition coefficient (Wildman–Crippen LogP) is 3.91. The number of amides is 1. The van der Waals surface area contributed by atoms with Crippen molar-refractivity contribution < 1.29 is 14.3 Å². The molecule has 1 amide bonds. The van der Waals surface area contributed by atoms with E-state index in [0.29, 0.717) is 13.2 Å². The van der Waals surface area contributed by atoms with E-state index in [1.165, 1.54) is 0 Å². The SMILES string of the molecule is CCCOC1CCCN(C(=O)C2(c3ccc(Br)cc3)CCOCC2)C1. The van der Waals surface area contributed by atoms with Gasteiger partial charge in [-0.2, -0.15) is 0 Å². The maximum atomic E-state index is 13.6. The third-order valence-corrected chi connectivity index (χ3v) is 5.90. The van der Waals surface area contributed by atoms with Crippen LogP contribution in [0.4, 0.5) is 0 Å². The van der Waals surface area contributed by atoms with Crippen LogP contribution in [0.15, 0.2) is 28.7 Å². The highest BCUT2D eigenvalue weighted by Crippen LogP contribution is 2.38. The molecule has 1 aromatic carbocycles. The van der Waals surface area contributed by atoms with Gasteiger partial charge in [-0.3, -0.25) is 4.79 Å². The summed E-state index contributed by atoms with van der Waals surface area (Å²) in [6, 6.07) is 8.23. The topological polar surface area (TPSA) is 38.8 Å². The molecular formula is C20H28BrNO3. The summed E-state index contributed by atoms with van der Waals surface area (Å²) in [6.07, 6.45) is 4.78. The third-order valence-electron chi connectivity index (χ3n) is 5.38. The minimum absolute atomic E-state index is 0.180. The van der Waals surface area contributed by atoms with Crippen molar-refractivity contribution >= 4 is 21.8 Å². The van der Waals surface area contributed by atoms with Gasteiger partial charge >= 0.3 is 0 Å². The average Bonchev–Trinajstić information content (AvgIpc) is 2.67. The van der Waals surface area contributed by atoms with Crippen LogP contribution in [-0.2, 0) is 19.7 Å². The van der Waals surface area contributed by atoms with Crippen molar-refractivity contribution in [3.8, 4) is 0 Å². The summed E-state index contributed by atoms with van der Waals surface area (Å²) in [4.78, 5) is 15.6. The number of likely N-dealkylation sites (tertiary alicyclic amines) is 1. The minimum atomic E-state index is -0.453. The van der Waals surface area contributed by atoms with E-state index >= 15 is 0 Å². The summed E-state index contributed by atoms with van der Waals surface area (Å²) in [5.74, 6) is 0.253. The molecule has 4 nitrogen and oxygen atoms in total. The number of nitrogens with zero attached hydrogens (tertiary/aromatic N) is 1. The second-order valence-corrected chi connectivity index (χ2v) is 8.00. The van der Waals surface area contributed by atoms with Crippen molar-refractivity contribution in [3.05, 3.63) is 34.3 Å². The van der Waals surface area contributed by atoms with Gasteiger partial charge in [0, 0.05) is 37.4 Å². The molecule has 138 valence electrons. The van der Waals surface area contributed by atoms with E-state index in [1.807, 2.05) is 17.0 Å². The van der Waals surface area contributed by atoms with Crippen LogP contribution in [-0.4, -0.2) is 49.8 Å². The average molecular weight is 410 g/mol. The summed E-state index contributed by atoms with van der Waals surface area (Å²) in [5, 5.41) is 0. The Morgan fingerprint density at radius 1 is 1.32 bits per heavy atom. The van der Waals surface area contributed by atoms with Gasteiger partial charge in [0.25, 0.3) is 0 Å². The molecule has 3 rings (SSSR count). The molecule has 0 bridgehead atoms. The van der Waals surface area contributed by atoms with Crippen molar-refractivity contribution in [3.63, 3.8) is 0 Å². The molecule has 0 N–H and O–H groups in total. The molecule has 1 unspecified atom stereocenters. The Hall–Kier alpha value is -0.910. The Bertz CT molecular complexity index is 569. The van der Waals surface area contributed by atoms with Crippen LogP contribution >= 0.6 is 15.9 Å². The number of hydrogen-bond acceptors (Lipinski definition) is 3. The molecule has 2 aliphatic rings. The molecule has 2 aliphatic heterocycles. The van der Waals surface area contributed by atoms with E-state index in [4.69, 9.17) is 9.47 Å². The number of benzene rings is 1. The van der Waals surface area contributed by atoms with E-state index in [9.17, 15) is 4.79 Å². The summed E-state index contributed by atoms with van der Waals surface area (Å²) >= 11 is 3.50. The molecule has 0 radical (unpaired) electrons. The minimum Gasteiger partial charge on any atom is -0.381 e. The number of hydrogen-bond donors (Lipinski definition) is 0. The van der Waals surface area contributed by atoms with E-state index < -0.39 is 5.41 Å². The first-order chi connectivity index (χ1) is 12.2. The smallest absolute Gasteiger partial charge is 0.233 e. The third kappa shape index (κ3) is 4.26. The Kier molecular flexibility index (Phi) is 6.53. The molecule has 2 heterocycles. The molecule has 1 aromatic rings. The number of ether oxygens (including phenoxy) is 2. The first kappa shape index (κ1) is 18.9. The number of rotatable bonds is 5. The van der Waals surface area contributed by atoms with Crippen molar-refractivity contribution in [2.45, 2.75) is 50.5 Å². The van der Waals surface area contributed by atoms with Gasteiger partial charge in [-0.1, -0.05) is 35.0 Å². The highest BCUT2D eigenvalue weighted by molar-refractivity contribution is 9.10. The number of carbonyl (C=O) groups excluding carboxylic acids is 1. The van der Waals surface area contributed by atoms with Crippen LogP contribution in [0, 0.1) is 0 Å². The molecular weight excluding hydrogens is 382 g/mol. The van der Waals surface area contributed by atoms with Gasteiger partial charge < -0.3 is 14.4 Å². The molecule has 25 heavy (non-hydrogen) atoms. The van der Waals surface area contributed by atoms with Crippen LogP contribution in [0.25, 0.3) is 0 Å². The van der Waals surface area contributed by atoms with E-state index in [-0.39, 0.29) is 12.0 Å². The van der Waals surface area contributed by atoms with Crippen LogP contribution in [0.1, 0.15) is 44.6 Å². The fraction of sp³-hybridized carbons (Fsp3) is 0.650. The van der Waals surface area contributed by atoms with Crippen molar-refractivity contribution in [1.29, 1.82) is 0 Å². The first-order valence-corrected chi connectivity index (χ1v) is 10.2. The van der Waals surface area contributed by atoms with Gasteiger partial charge in [0.05, 0.1) is 11.5 Å². The van der Waals surface area contributed by atoms with Crippen LogP contribution in [0.5, 0.6) is 0 Å². The van der Waals surface area contributed by atoms with Gasteiger partial charge in [-0.15, -0.1) is 0 Å². The van der Waals surface area contributed by atoms with Crippen molar-refractivity contribution in [2.24, 2.45) is 0 Å². The zero-order valence-corrected chi connectivity index (χ0v) is 16.6. The second-order valence-electron chi connectivity index (χ2n) is 7.09. The summed E-state index contributed by atoms with van der Waals surface area (Å²) in [6.45, 7) is 5.74. The molecule has 5 heteroatoms. The lowest BCUT2D eigenvalue weighted by Gasteiger charge is -2.42. The molecule has 0 aliphatic carbocycles. The first-order valence-electron chi connectivity index (χ1n) is 9.40. The van der Waals surface area contributed by atoms with Crippen LogP contribution in [0.3, 0.4) is 0 Å². The van der Waals surface area contributed by atoms with E-state index in [1.54, 1.807) is 0 Å². The Labute approximate surface area is 159 Å². The molecule has 1 atom stereocenters. The monoisotopic (exact) mass is 409 g/mol. The predicted molar refractivity (Wildman–Crippen MR) is 102 cm³/mol.